The SMILES string of the molecule is COc1ccc(-c2cc3ncccc3c(OS(=O)(=O)C(F)(F)F)n2)cc1OC. The van der Waals surface area contributed by atoms with Crippen molar-refractivity contribution in [3.63, 3.8) is 0 Å². The van der Waals surface area contributed by atoms with Gasteiger partial charge in [-0.2, -0.15) is 21.6 Å². The van der Waals surface area contributed by atoms with Gasteiger partial charge in [-0.25, -0.2) is 4.98 Å². The number of pyridine rings is 2. The number of hydrogen-bond donors (Lipinski definition) is 0. The molecule has 0 amide bonds. The molecule has 0 fully saturated rings. The van der Waals surface area contributed by atoms with Crippen molar-refractivity contribution in [2.45, 2.75) is 5.51 Å². The average Bonchev–Trinajstić information content (AvgIpc) is 2.66. The molecule has 3 aromatic rings. The van der Waals surface area contributed by atoms with Crippen molar-refractivity contribution in [2.75, 3.05) is 14.2 Å². The van der Waals surface area contributed by atoms with E-state index in [4.69, 9.17) is 9.47 Å². The molecule has 0 N–H and O–H groups in total. The van der Waals surface area contributed by atoms with Crippen LogP contribution in [0.3, 0.4) is 0 Å². The van der Waals surface area contributed by atoms with Crippen LogP contribution in [0, 0.1) is 0 Å². The standard InChI is InChI=1S/C17H13F3N2O5S/c1-25-14-6-5-10(8-15(14)26-2)12-9-13-11(4-3-7-21-13)16(22-12)27-28(23,24)17(18,19)20/h3-9H,1-2H3. The Morgan fingerprint density at radius 2 is 1.71 bits per heavy atom. The summed E-state index contributed by atoms with van der Waals surface area (Å²) in [5, 5.41) is 0.0135. The fraction of sp³-hybridized carbons (Fsp3) is 0.176. The predicted molar refractivity (Wildman–Crippen MR) is 93.7 cm³/mol. The highest BCUT2D eigenvalue weighted by Gasteiger charge is 2.49. The molecule has 3 rings (SSSR count). The number of aromatic nitrogens is 2. The van der Waals surface area contributed by atoms with Crippen LogP contribution in [0.1, 0.15) is 0 Å². The molecule has 0 saturated carbocycles. The lowest BCUT2D eigenvalue weighted by atomic mass is 10.1. The van der Waals surface area contributed by atoms with Gasteiger partial charge in [0, 0.05) is 11.8 Å². The normalized spacial score (nSPS) is 12.0. The number of benzene rings is 1. The second-order valence-corrected chi connectivity index (χ2v) is 6.97. The first-order chi connectivity index (χ1) is 13.2. The Bertz CT molecular complexity index is 1130. The lowest BCUT2D eigenvalue weighted by Crippen LogP contribution is -2.28. The second kappa shape index (κ2) is 7.15. The highest BCUT2D eigenvalue weighted by atomic mass is 32.2. The highest BCUT2D eigenvalue weighted by molar-refractivity contribution is 7.88. The smallest absolute Gasteiger partial charge is 0.493 e. The number of halogens is 3. The Morgan fingerprint density at radius 3 is 2.36 bits per heavy atom. The van der Waals surface area contributed by atoms with Gasteiger partial charge in [-0.3, -0.25) is 4.98 Å². The van der Waals surface area contributed by atoms with Crippen LogP contribution in [-0.4, -0.2) is 38.1 Å². The molecule has 148 valence electrons. The van der Waals surface area contributed by atoms with Gasteiger partial charge in [-0.15, -0.1) is 0 Å². The molecule has 2 heterocycles. The van der Waals surface area contributed by atoms with E-state index >= 15 is 0 Å². The number of fused-ring (bicyclic) bond motifs is 1. The molecule has 1 aromatic carbocycles. The molecule has 0 aliphatic carbocycles. The van der Waals surface area contributed by atoms with Crippen molar-refractivity contribution in [1.29, 1.82) is 0 Å². The monoisotopic (exact) mass is 414 g/mol. The number of hydrogen-bond acceptors (Lipinski definition) is 7. The maximum Gasteiger partial charge on any atom is 0.534 e. The maximum absolute atomic E-state index is 12.7. The van der Waals surface area contributed by atoms with Crippen LogP contribution in [0.2, 0.25) is 0 Å². The van der Waals surface area contributed by atoms with Crippen LogP contribution in [0.15, 0.2) is 42.6 Å². The van der Waals surface area contributed by atoms with Gasteiger partial charge < -0.3 is 13.7 Å². The summed E-state index contributed by atoms with van der Waals surface area (Å²) in [6, 6.07) is 8.97. The van der Waals surface area contributed by atoms with Crippen molar-refractivity contribution in [3.8, 4) is 28.6 Å². The summed E-state index contributed by atoms with van der Waals surface area (Å²) in [5.41, 5.74) is -4.82. The summed E-state index contributed by atoms with van der Waals surface area (Å²) in [6.07, 6.45) is 1.41. The molecule has 0 radical (unpaired) electrons. The van der Waals surface area contributed by atoms with E-state index in [1.54, 1.807) is 12.1 Å². The van der Waals surface area contributed by atoms with Crippen molar-refractivity contribution < 1.29 is 35.2 Å². The molecular weight excluding hydrogens is 401 g/mol. The first-order valence-electron chi connectivity index (χ1n) is 7.65. The van der Waals surface area contributed by atoms with Crippen LogP contribution in [0.4, 0.5) is 13.2 Å². The van der Waals surface area contributed by atoms with Crippen LogP contribution >= 0.6 is 0 Å². The van der Waals surface area contributed by atoms with Crippen molar-refractivity contribution >= 4 is 21.0 Å². The highest BCUT2D eigenvalue weighted by Crippen LogP contribution is 2.35. The van der Waals surface area contributed by atoms with Gasteiger partial charge in [0.05, 0.1) is 30.8 Å². The third-order valence-electron chi connectivity index (χ3n) is 3.72. The van der Waals surface area contributed by atoms with Crippen LogP contribution in [-0.2, 0) is 10.1 Å². The Labute approximate surface area is 157 Å². The molecule has 7 nitrogen and oxygen atoms in total. The van der Waals surface area contributed by atoms with E-state index < -0.39 is 21.5 Å². The topological polar surface area (TPSA) is 87.6 Å². The minimum Gasteiger partial charge on any atom is -0.493 e. The lowest BCUT2D eigenvalue weighted by molar-refractivity contribution is -0.0500. The molecule has 28 heavy (non-hydrogen) atoms. The summed E-state index contributed by atoms with van der Waals surface area (Å²) in [7, 11) is -3.03. The Morgan fingerprint density at radius 1 is 1.00 bits per heavy atom. The molecular formula is C17H13F3N2O5S. The fourth-order valence-electron chi connectivity index (χ4n) is 2.40. The summed E-state index contributed by atoms with van der Waals surface area (Å²) in [4.78, 5) is 8.01. The van der Waals surface area contributed by atoms with E-state index in [1.165, 1.54) is 44.7 Å². The third kappa shape index (κ3) is 3.65. The van der Waals surface area contributed by atoms with Gasteiger partial charge >= 0.3 is 15.6 Å². The molecule has 2 aromatic heterocycles. The Balaban J connectivity index is 2.18. The van der Waals surface area contributed by atoms with E-state index in [-0.39, 0.29) is 16.6 Å². The quantitative estimate of drug-likeness (QED) is 0.466. The molecule has 0 spiro atoms. The molecule has 0 aliphatic rings. The summed E-state index contributed by atoms with van der Waals surface area (Å²) < 4.78 is 75.7. The number of rotatable bonds is 5. The molecule has 0 bridgehead atoms. The first-order valence-corrected chi connectivity index (χ1v) is 9.06. The van der Waals surface area contributed by atoms with E-state index in [0.29, 0.717) is 17.1 Å². The van der Waals surface area contributed by atoms with Crippen LogP contribution in [0.25, 0.3) is 22.2 Å². The Kier molecular flexibility index (Phi) is 5.02. The van der Waals surface area contributed by atoms with E-state index in [2.05, 4.69) is 14.2 Å². The Hall–Kier alpha value is -3.08. The van der Waals surface area contributed by atoms with Crippen LogP contribution in [0.5, 0.6) is 17.4 Å². The van der Waals surface area contributed by atoms with Crippen LogP contribution < -0.4 is 13.7 Å². The second-order valence-electron chi connectivity index (χ2n) is 5.44. The molecule has 0 aliphatic heterocycles. The summed E-state index contributed by atoms with van der Waals surface area (Å²) in [6.45, 7) is 0. The van der Waals surface area contributed by atoms with Gasteiger partial charge in [-0.05, 0) is 36.4 Å². The van der Waals surface area contributed by atoms with Gasteiger partial charge in [-0.1, -0.05) is 0 Å². The van der Waals surface area contributed by atoms with Crippen molar-refractivity contribution in [2.24, 2.45) is 0 Å². The minimum absolute atomic E-state index is 0.0135. The zero-order valence-corrected chi connectivity index (χ0v) is 15.3. The third-order valence-corrected chi connectivity index (χ3v) is 4.66. The number of nitrogens with zero attached hydrogens (tertiary/aromatic N) is 2. The number of ether oxygens (including phenoxy) is 2. The van der Waals surface area contributed by atoms with Crippen molar-refractivity contribution in [3.05, 3.63) is 42.6 Å². The van der Waals surface area contributed by atoms with Gasteiger partial charge in [0.2, 0.25) is 5.88 Å². The van der Waals surface area contributed by atoms with E-state index in [1.807, 2.05) is 0 Å². The molecule has 0 unspecified atom stereocenters. The van der Waals surface area contributed by atoms with Gasteiger partial charge in [0.25, 0.3) is 0 Å². The van der Waals surface area contributed by atoms with Crippen molar-refractivity contribution in [1.82, 2.24) is 9.97 Å². The van der Waals surface area contributed by atoms with Gasteiger partial charge in [0.1, 0.15) is 0 Å². The maximum atomic E-state index is 12.7. The van der Waals surface area contributed by atoms with E-state index in [9.17, 15) is 21.6 Å². The molecule has 0 saturated heterocycles. The average molecular weight is 414 g/mol. The van der Waals surface area contributed by atoms with E-state index in [0.717, 1.165) is 0 Å². The summed E-state index contributed by atoms with van der Waals surface area (Å²) in [5.74, 6) is 0.0577. The lowest BCUT2D eigenvalue weighted by Gasteiger charge is -2.13. The largest absolute Gasteiger partial charge is 0.534 e. The number of alkyl halides is 3. The summed E-state index contributed by atoms with van der Waals surface area (Å²) >= 11 is 0. The first kappa shape index (κ1) is 19.7. The predicted octanol–water partition coefficient (Wildman–Crippen LogP) is 3.54. The zero-order valence-electron chi connectivity index (χ0n) is 14.5. The fourth-order valence-corrected chi connectivity index (χ4v) is 2.83. The molecule has 11 heteroatoms. The zero-order chi connectivity index (χ0) is 20.5. The molecule has 0 atom stereocenters. The number of methoxy groups -OCH3 is 2. The minimum atomic E-state index is -5.90. The van der Waals surface area contributed by atoms with Gasteiger partial charge in [0.15, 0.2) is 11.5 Å².